The number of aliphatic hydroxyl groups excluding tert-OH is 1. The standard InChI is InChI=1S/C23H20N2O6S2/c1-4-31-14-9-7-13(8-10-14)18(26)16-17(15-6-5-11-32-15)25(21(28)19(16)27)23-24-12(2)20(33-23)22(29)30-3/h5-11,17,26H,4H2,1-3H3/b18-16-. The van der Waals surface area contributed by atoms with Crippen LogP contribution in [0.5, 0.6) is 5.75 Å². The zero-order chi connectivity index (χ0) is 23.7. The van der Waals surface area contributed by atoms with Gasteiger partial charge in [0.25, 0.3) is 5.78 Å². The molecule has 1 unspecified atom stereocenters. The van der Waals surface area contributed by atoms with E-state index in [0.717, 1.165) is 11.3 Å². The maximum Gasteiger partial charge on any atom is 0.350 e. The average Bonchev–Trinajstić information content (AvgIpc) is 3.53. The number of carbonyl (C=O) groups is 3. The molecule has 10 heteroatoms. The predicted molar refractivity (Wildman–Crippen MR) is 125 cm³/mol. The lowest BCUT2D eigenvalue weighted by Crippen LogP contribution is -2.29. The SMILES string of the molecule is CCOc1ccc(/C(O)=C2/C(=O)C(=O)N(c3nc(C)c(C(=O)OC)s3)C2c2cccs2)cc1. The van der Waals surface area contributed by atoms with Gasteiger partial charge in [0.1, 0.15) is 22.4 Å². The van der Waals surface area contributed by atoms with Crippen molar-refractivity contribution in [3.8, 4) is 5.75 Å². The summed E-state index contributed by atoms with van der Waals surface area (Å²) in [5, 5.41) is 13.1. The first-order valence-electron chi connectivity index (χ1n) is 10.0. The highest BCUT2D eigenvalue weighted by molar-refractivity contribution is 7.18. The molecular formula is C23H20N2O6S2. The van der Waals surface area contributed by atoms with E-state index < -0.39 is 23.7 Å². The van der Waals surface area contributed by atoms with Crippen LogP contribution in [-0.4, -0.2) is 41.5 Å². The lowest BCUT2D eigenvalue weighted by Gasteiger charge is -2.21. The number of amides is 1. The third kappa shape index (κ3) is 4.03. The van der Waals surface area contributed by atoms with Gasteiger partial charge in [0.05, 0.1) is 25.0 Å². The molecule has 1 amide bonds. The van der Waals surface area contributed by atoms with Crippen LogP contribution in [0.4, 0.5) is 5.13 Å². The average molecular weight is 485 g/mol. The Morgan fingerprint density at radius 2 is 1.94 bits per heavy atom. The molecule has 1 atom stereocenters. The molecule has 0 radical (unpaired) electrons. The van der Waals surface area contributed by atoms with Crippen molar-refractivity contribution in [1.82, 2.24) is 4.98 Å². The molecule has 0 spiro atoms. The van der Waals surface area contributed by atoms with Gasteiger partial charge in [-0.15, -0.1) is 11.3 Å². The number of anilines is 1. The number of benzene rings is 1. The number of Topliss-reactive ketones (excluding diaryl/α,β-unsaturated/α-hetero) is 1. The molecule has 0 saturated carbocycles. The number of ketones is 1. The smallest absolute Gasteiger partial charge is 0.350 e. The van der Waals surface area contributed by atoms with Crippen molar-refractivity contribution >= 4 is 51.2 Å². The Kier molecular flexibility index (Phi) is 6.30. The van der Waals surface area contributed by atoms with Gasteiger partial charge in [-0.05, 0) is 49.6 Å². The van der Waals surface area contributed by atoms with Crippen LogP contribution in [0.2, 0.25) is 0 Å². The van der Waals surface area contributed by atoms with Crippen LogP contribution in [0, 0.1) is 6.92 Å². The van der Waals surface area contributed by atoms with Crippen LogP contribution in [0.15, 0.2) is 47.4 Å². The summed E-state index contributed by atoms with van der Waals surface area (Å²) in [7, 11) is 1.26. The molecule has 1 N–H and O–H groups in total. The fraction of sp³-hybridized carbons (Fsp3) is 0.217. The van der Waals surface area contributed by atoms with Crippen LogP contribution in [0.25, 0.3) is 5.76 Å². The summed E-state index contributed by atoms with van der Waals surface area (Å²) in [5.41, 5.74) is 0.725. The molecule has 2 aromatic heterocycles. The van der Waals surface area contributed by atoms with Crippen molar-refractivity contribution in [3.63, 3.8) is 0 Å². The normalized spacial score (nSPS) is 17.4. The molecule has 3 aromatic rings. The third-order valence-electron chi connectivity index (χ3n) is 5.06. The molecule has 1 fully saturated rings. The number of ether oxygens (including phenoxy) is 2. The molecule has 1 aliphatic rings. The van der Waals surface area contributed by atoms with Gasteiger partial charge in [-0.3, -0.25) is 14.5 Å². The van der Waals surface area contributed by atoms with Gasteiger partial charge in [-0.2, -0.15) is 0 Å². The van der Waals surface area contributed by atoms with E-state index in [4.69, 9.17) is 9.47 Å². The first kappa shape index (κ1) is 22.7. The molecule has 4 rings (SSSR count). The number of esters is 1. The van der Waals surface area contributed by atoms with Crippen molar-refractivity contribution in [2.24, 2.45) is 0 Å². The van der Waals surface area contributed by atoms with Gasteiger partial charge in [0.2, 0.25) is 0 Å². The summed E-state index contributed by atoms with van der Waals surface area (Å²) in [6, 6.07) is 9.31. The van der Waals surface area contributed by atoms with E-state index >= 15 is 0 Å². The molecule has 8 nitrogen and oxygen atoms in total. The highest BCUT2D eigenvalue weighted by Crippen LogP contribution is 2.45. The number of rotatable bonds is 6. The maximum absolute atomic E-state index is 13.1. The van der Waals surface area contributed by atoms with Gasteiger partial charge < -0.3 is 14.6 Å². The summed E-state index contributed by atoms with van der Waals surface area (Å²) < 4.78 is 10.2. The topological polar surface area (TPSA) is 106 Å². The lowest BCUT2D eigenvalue weighted by atomic mass is 10.00. The number of methoxy groups -OCH3 is 1. The van der Waals surface area contributed by atoms with E-state index in [9.17, 15) is 19.5 Å². The number of thiazole rings is 1. The maximum atomic E-state index is 13.1. The Hall–Kier alpha value is -3.50. The molecule has 0 aliphatic carbocycles. The monoisotopic (exact) mass is 484 g/mol. The van der Waals surface area contributed by atoms with E-state index in [2.05, 4.69) is 4.98 Å². The van der Waals surface area contributed by atoms with Gasteiger partial charge in [-0.25, -0.2) is 9.78 Å². The molecule has 1 aliphatic heterocycles. The second-order valence-corrected chi connectivity index (χ2v) is 9.00. The Morgan fingerprint density at radius 1 is 1.21 bits per heavy atom. The predicted octanol–water partition coefficient (Wildman–Crippen LogP) is 4.32. The lowest BCUT2D eigenvalue weighted by molar-refractivity contribution is -0.132. The zero-order valence-electron chi connectivity index (χ0n) is 18.0. The fourth-order valence-corrected chi connectivity index (χ4v) is 5.38. The molecule has 1 saturated heterocycles. The van der Waals surface area contributed by atoms with E-state index in [1.807, 2.05) is 12.3 Å². The van der Waals surface area contributed by atoms with Crippen molar-refractivity contribution in [2.75, 3.05) is 18.6 Å². The minimum atomic E-state index is -0.882. The Balaban J connectivity index is 1.85. The molecule has 1 aromatic carbocycles. The first-order valence-corrected chi connectivity index (χ1v) is 11.7. The van der Waals surface area contributed by atoms with Crippen LogP contribution < -0.4 is 9.64 Å². The summed E-state index contributed by atoms with van der Waals surface area (Å²) in [6.45, 7) is 3.99. The van der Waals surface area contributed by atoms with Crippen molar-refractivity contribution in [1.29, 1.82) is 0 Å². The number of thiophene rings is 1. The van der Waals surface area contributed by atoms with Crippen LogP contribution in [0.3, 0.4) is 0 Å². The van der Waals surface area contributed by atoms with E-state index in [1.165, 1.54) is 23.3 Å². The number of carbonyl (C=O) groups excluding carboxylic acids is 3. The molecule has 0 bridgehead atoms. The highest BCUT2D eigenvalue weighted by atomic mass is 32.1. The third-order valence-corrected chi connectivity index (χ3v) is 7.12. The summed E-state index contributed by atoms with van der Waals surface area (Å²) in [6.07, 6.45) is 0. The molecule has 33 heavy (non-hydrogen) atoms. The summed E-state index contributed by atoms with van der Waals surface area (Å²) in [4.78, 5) is 44.8. The number of aliphatic hydroxyl groups is 1. The van der Waals surface area contributed by atoms with E-state index in [-0.39, 0.29) is 21.3 Å². The minimum absolute atomic E-state index is 0.0425. The summed E-state index contributed by atoms with van der Waals surface area (Å²) in [5.74, 6) is -1.90. The Labute approximate surface area is 197 Å². The highest BCUT2D eigenvalue weighted by Gasteiger charge is 2.48. The van der Waals surface area contributed by atoms with Gasteiger partial charge in [0, 0.05) is 10.4 Å². The Bertz CT molecular complexity index is 1240. The van der Waals surface area contributed by atoms with E-state index in [0.29, 0.717) is 28.5 Å². The molecule has 3 heterocycles. The van der Waals surface area contributed by atoms with Crippen LogP contribution in [0.1, 0.15) is 38.8 Å². The van der Waals surface area contributed by atoms with Crippen LogP contribution in [-0.2, 0) is 14.3 Å². The Morgan fingerprint density at radius 3 is 2.55 bits per heavy atom. The number of aryl methyl sites for hydroxylation is 1. The van der Waals surface area contributed by atoms with Gasteiger partial charge >= 0.3 is 11.9 Å². The zero-order valence-corrected chi connectivity index (χ0v) is 19.7. The fourth-order valence-electron chi connectivity index (χ4n) is 3.54. The molecular weight excluding hydrogens is 464 g/mol. The van der Waals surface area contributed by atoms with Gasteiger partial charge in [-0.1, -0.05) is 17.4 Å². The minimum Gasteiger partial charge on any atom is -0.507 e. The van der Waals surface area contributed by atoms with Crippen LogP contribution >= 0.6 is 22.7 Å². The van der Waals surface area contributed by atoms with Crippen molar-refractivity contribution in [3.05, 3.63) is 68.4 Å². The quantitative estimate of drug-likeness (QED) is 0.240. The van der Waals surface area contributed by atoms with Gasteiger partial charge in [0.15, 0.2) is 5.13 Å². The number of aromatic nitrogens is 1. The number of hydrogen-bond donors (Lipinski definition) is 1. The number of nitrogens with zero attached hydrogens (tertiary/aromatic N) is 2. The largest absolute Gasteiger partial charge is 0.507 e. The second-order valence-electron chi connectivity index (χ2n) is 7.04. The van der Waals surface area contributed by atoms with Crippen molar-refractivity contribution < 1.29 is 29.0 Å². The molecule has 170 valence electrons. The first-order chi connectivity index (χ1) is 15.9. The number of hydrogen-bond acceptors (Lipinski definition) is 9. The second kappa shape index (κ2) is 9.16. The summed E-state index contributed by atoms with van der Waals surface area (Å²) >= 11 is 2.31. The van der Waals surface area contributed by atoms with E-state index in [1.54, 1.807) is 43.3 Å². The van der Waals surface area contributed by atoms with Crippen molar-refractivity contribution in [2.45, 2.75) is 19.9 Å².